The molecule has 0 bridgehead atoms. The summed E-state index contributed by atoms with van der Waals surface area (Å²) in [6, 6.07) is 9.51. The highest BCUT2D eigenvalue weighted by molar-refractivity contribution is 7.10. The summed E-state index contributed by atoms with van der Waals surface area (Å²) < 4.78 is 37.6. The Morgan fingerprint density at radius 1 is 0.625 bits per heavy atom. The number of anilines is 6. The van der Waals surface area contributed by atoms with E-state index in [0.29, 0.717) is 5.92 Å². The molecule has 6 heterocycles. The van der Waals surface area contributed by atoms with Crippen molar-refractivity contribution in [2.24, 2.45) is 23.7 Å². The SMILES string of the molecule is CN(C)c1nsc(N2CCC(C3CCN(c4ccc(C(=O)NC5(C)CC5)c(F)c4)CC3)CC2)n1.CN(C)c1nsc(N2CCC(C3CCN(c4ccc(C(=O)O)c(F)c4)CC3)CC2)n1. The third-order valence-corrected chi connectivity index (χ3v) is 15.7. The molecule has 0 atom stereocenters. The number of rotatable bonds is 11. The number of nitrogens with one attached hydrogen (secondary N) is 1. The van der Waals surface area contributed by atoms with Crippen LogP contribution in [-0.4, -0.2) is 122 Å². The van der Waals surface area contributed by atoms with Crippen LogP contribution in [0.4, 0.5) is 42.3 Å². The van der Waals surface area contributed by atoms with Crippen molar-refractivity contribution < 1.29 is 23.5 Å². The van der Waals surface area contributed by atoms with Gasteiger partial charge in [0.05, 0.1) is 11.1 Å². The van der Waals surface area contributed by atoms with E-state index in [9.17, 15) is 18.4 Å². The maximum absolute atomic E-state index is 14.7. The standard InChI is InChI=1S/C25H35FN6OS.C21H28FN5O2S/c1-25(10-11-25)28-22(33)20-5-4-19(16-21(20)26)31-12-6-17(7-13-31)18-8-14-32(15-9-18)24-27-23(29-34-24)30(2)3;1-25(2)20-23-21(30-24-20)27-11-7-15(8-12-27)14-5-9-26(10-6-14)16-3-4-17(19(28)29)18(22)13-16/h4-5,16-18H,6-15H2,1-3H3,(H,28,33);3-4,13-15H,5-12H2,1-2H3,(H,28,29). The lowest BCUT2D eigenvalue weighted by atomic mass is 9.79. The van der Waals surface area contributed by atoms with E-state index in [1.165, 1.54) is 66.9 Å². The van der Waals surface area contributed by atoms with Crippen molar-refractivity contribution >= 4 is 68.5 Å². The maximum atomic E-state index is 14.7. The molecule has 1 amide bonds. The van der Waals surface area contributed by atoms with E-state index >= 15 is 0 Å². The zero-order chi connectivity index (χ0) is 45.1. The normalized spacial score (nSPS) is 19.9. The van der Waals surface area contributed by atoms with E-state index in [2.05, 4.69) is 43.6 Å². The summed E-state index contributed by atoms with van der Waals surface area (Å²) in [6.45, 7) is 9.79. The van der Waals surface area contributed by atoms with Crippen molar-refractivity contribution in [2.45, 2.75) is 76.7 Å². The number of piperidine rings is 4. The minimum absolute atomic E-state index is 0.145. The Hall–Kier alpha value is -4.84. The zero-order valence-corrected chi connectivity index (χ0v) is 39.4. The highest BCUT2D eigenvalue weighted by Crippen LogP contribution is 2.38. The second kappa shape index (κ2) is 19.7. The van der Waals surface area contributed by atoms with Gasteiger partial charge >= 0.3 is 5.97 Å². The Morgan fingerprint density at radius 3 is 1.30 bits per heavy atom. The number of carbonyl (C=O) groups excluding carboxylic acids is 1. The number of benzene rings is 2. The molecule has 5 aliphatic rings. The van der Waals surface area contributed by atoms with Crippen LogP contribution in [0.15, 0.2) is 36.4 Å². The largest absolute Gasteiger partial charge is 0.478 e. The number of hydrogen-bond donors (Lipinski definition) is 2. The third kappa shape index (κ3) is 10.8. The first-order valence-electron chi connectivity index (χ1n) is 22.9. The first kappa shape index (κ1) is 45.7. The molecule has 4 saturated heterocycles. The first-order chi connectivity index (χ1) is 30.7. The third-order valence-electron chi connectivity index (χ3n) is 14.2. The molecule has 9 rings (SSSR count). The summed E-state index contributed by atoms with van der Waals surface area (Å²) in [5.74, 6) is 1.82. The first-order valence-corrected chi connectivity index (χ1v) is 24.4. The van der Waals surface area contributed by atoms with Gasteiger partial charge in [0.15, 0.2) is 0 Å². The van der Waals surface area contributed by atoms with Gasteiger partial charge in [0.1, 0.15) is 11.6 Å². The molecule has 64 heavy (non-hydrogen) atoms. The Morgan fingerprint density at radius 2 is 0.984 bits per heavy atom. The van der Waals surface area contributed by atoms with E-state index in [1.807, 2.05) is 51.0 Å². The van der Waals surface area contributed by atoms with E-state index < -0.39 is 17.6 Å². The molecule has 0 radical (unpaired) electrons. The molecular weight excluding hydrogens is 857 g/mol. The number of halogens is 2. The van der Waals surface area contributed by atoms with Gasteiger partial charge in [-0.3, -0.25) is 4.79 Å². The molecule has 2 aromatic heterocycles. The number of aromatic nitrogens is 4. The van der Waals surface area contributed by atoms with E-state index in [0.717, 1.165) is 142 Å². The summed E-state index contributed by atoms with van der Waals surface area (Å²) in [5, 5.41) is 14.0. The smallest absolute Gasteiger partial charge is 0.338 e. The second-order valence-electron chi connectivity index (χ2n) is 19.0. The number of aromatic carboxylic acids is 1. The van der Waals surface area contributed by atoms with E-state index in [4.69, 9.17) is 5.11 Å². The summed E-state index contributed by atoms with van der Waals surface area (Å²) in [7, 11) is 7.86. The fourth-order valence-corrected chi connectivity index (χ4v) is 11.4. The minimum Gasteiger partial charge on any atom is -0.478 e. The van der Waals surface area contributed by atoms with Crippen LogP contribution < -0.4 is 34.7 Å². The molecule has 0 spiro atoms. The molecule has 2 aromatic carbocycles. The summed E-state index contributed by atoms with van der Waals surface area (Å²) >= 11 is 2.96. The average molecular weight is 920 g/mol. The van der Waals surface area contributed by atoms with Crippen LogP contribution in [0.2, 0.25) is 0 Å². The minimum atomic E-state index is -1.23. The number of amides is 1. The molecule has 1 aliphatic carbocycles. The molecule has 4 aliphatic heterocycles. The molecule has 4 aromatic rings. The van der Waals surface area contributed by atoms with Crippen LogP contribution in [0.3, 0.4) is 0 Å². The lowest BCUT2D eigenvalue weighted by molar-refractivity contribution is 0.0691. The Balaban J connectivity index is 0.000000176. The Bertz CT molecular complexity index is 2220. The highest BCUT2D eigenvalue weighted by atomic mass is 32.1. The molecule has 14 nitrogen and oxygen atoms in total. The van der Waals surface area contributed by atoms with Crippen LogP contribution in [0, 0.1) is 35.3 Å². The molecule has 346 valence electrons. The molecule has 5 fully saturated rings. The highest BCUT2D eigenvalue weighted by Gasteiger charge is 2.39. The van der Waals surface area contributed by atoms with Crippen LogP contribution in [0.25, 0.3) is 0 Å². The number of nitrogens with zero attached hydrogens (tertiary/aromatic N) is 10. The predicted molar refractivity (Wildman–Crippen MR) is 253 cm³/mol. The quantitative estimate of drug-likeness (QED) is 0.152. The summed E-state index contributed by atoms with van der Waals surface area (Å²) in [6.07, 6.45) is 11.1. The zero-order valence-electron chi connectivity index (χ0n) is 37.8. The molecule has 1 saturated carbocycles. The topological polar surface area (TPSA) is 137 Å². The van der Waals surface area contributed by atoms with Gasteiger partial charge in [-0.1, -0.05) is 0 Å². The Kier molecular flexibility index (Phi) is 14.1. The van der Waals surface area contributed by atoms with Crippen LogP contribution in [0.5, 0.6) is 0 Å². The average Bonchev–Trinajstić information content (AvgIpc) is 3.63. The van der Waals surface area contributed by atoms with Crippen molar-refractivity contribution in [1.82, 2.24) is 24.0 Å². The van der Waals surface area contributed by atoms with Gasteiger partial charge in [0.2, 0.25) is 22.2 Å². The van der Waals surface area contributed by atoms with Gasteiger partial charge in [-0.15, -0.1) is 0 Å². The molecular formula is C46H63F2N11O3S2. The van der Waals surface area contributed by atoms with Gasteiger partial charge < -0.3 is 39.8 Å². The van der Waals surface area contributed by atoms with Gasteiger partial charge in [-0.25, -0.2) is 13.6 Å². The van der Waals surface area contributed by atoms with E-state index in [-0.39, 0.29) is 22.6 Å². The predicted octanol–water partition coefficient (Wildman–Crippen LogP) is 7.73. The lowest BCUT2D eigenvalue weighted by Gasteiger charge is -2.40. The van der Waals surface area contributed by atoms with Crippen molar-refractivity contribution in [1.29, 1.82) is 0 Å². The number of carbonyl (C=O) groups is 2. The van der Waals surface area contributed by atoms with Crippen LogP contribution in [0.1, 0.15) is 91.8 Å². The number of carboxylic acid groups (broad SMARTS) is 1. The van der Waals surface area contributed by atoms with Crippen LogP contribution >= 0.6 is 23.1 Å². The molecule has 2 N–H and O–H groups in total. The van der Waals surface area contributed by atoms with Crippen molar-refractivity contribution in [3.8, 4) is 0 Å². The lowest BCUT2D eigenvalue weighted by Crippen LogP contribution is -2.41. The monoisotopic (exact) mass is 919 g/mol. The Labute approximate surface area is 384 Å². The van der Waals surface area contributed by atoms with E-state index in [1.54, 1.807) is 12.1 Å². The van der Waals surface area contributed by atoms with Gasteiger partial charge in [0.25, 0.3) is 5.91 Å². The maximum Gasteiger partial charge on any atom is 0.338 e. The molecule has 18 heteroatoms. The molecule has 0 unspecified atom stereocenters. The summed E-state index contributed by atoms with van der Waals surface area (Å²) in [4.78, 5) is 45.7. The van der Waals surface area contributed by atoms with Crippen molar-refractivity contribution in [3.63, 3.8) is 0 Å². The van der Waals surface area contributed by atoms with Crippen LogP contribution in [-0.2, 0) is 0 Å². The second-order valence-corrected chi connectivity index (χ2v) is 20.4. The fraction of sp³-hybridized carbons (Fsp3) is 0.609. The van der Waals surface area contributed by atoms with Gasteiger partial charge in [-0.05, 0) is 131 Å². The fourth-order valence-electron chi connectivity index (χ4n) is 9.83. The number of hydrogen-bond acceptors (Lipinski definition) is 14. The van der Waals surface area contributed by atoms with Gasteiger partial charge in [-0.2, -0.15) is 18.7 Å². The number of carboxylic acids is 1. The van der Waals surface area contributed by atoms with Gasteiger partial charge in [0, 0.05) is 121 Å². The van der Waals surface area contributed by atoms with Crippen molar-refractivity contribution in [2.75, 3.05) is 110 Å². The summed E-state index contributed by atoms with van der Waals surface area (Å²) in [5.41, 5.74) is 1.39. The van der Waals surface area contributed by atoms with Crippen molar-refractivity contribution in [3.05, 3.63) is 59.2 Å².